The minimum atomic E-state index is 0.253. The lowest BCUT2D eigenvalue weighted by Crippen LogP contribution is -2.26. The Morgan fingerprint density at radius 1 is 1.47 bits per heavy atom. The van der Waals surface area contributed by atoms with Crippen LogP contribution in [0, 0.1) is 0 Å². The highest BCUT2D eigenvalue weighted by atomic mass is 15.1. The van der Waals surface area contributed by atoms with E-state index in [4.69, 9.17) is 5.73 Å². The molecular formula is C13H20N2. The zero-order chi connectivity index (χ0) is 10.8. The zero-order valence-corrected chi connectivity index (χ0v) is 9.66. The number of anilines is 1. The molecule has 2 heteroatoms. The van der Waals surface area contributed by atoms with E-state index < -0.39 is 0 Å². The zero-order valence-electron chi connectivity index (χ0n) is 9.66. The van der Waals surface area contributed by atoms with Crippen LogP contribution in [-0.4, -0.2) is 19.6 Å². The molecule has 0 aliphatic carbocycles. The van der Waals surface area contributed by atoms with Crippen LogP contribution < -0.4 is 10.6 Å². The van der Waals surface area contributed by atoms with E-state index in [-0.39, 0.29) is 6.04 Å². The van der Waals surface area contributed by atoms with Gasteiger partial charge in [-0.2, -0.15) is 0 Å². The van der Waals surface area contributed by atoms with E-state index in [1.54, 1.807) is 0 Å². The van der Waals surface area contributed by atoms with E-state index in [2.05, 4.69) is 37.1 Å². The smallest absolute Gasteiger partial charge is 0.0398 e. The first-order valence-corrected chi connectivity index (χ1v) is 5.76. The molecule has 1 heterocycles. The number of hydrogen-bond donors (Lipinski definition) is 1. The van der Waals surface area contributed by atoms with Crippen molar-refractivity contribution in [1.82, 2.24) is 0 Å². The van der Waals surface area contributed by atoms with Crippen molar-refractivity contribution in [2.24, 2.45) is 5.73 Å². The summed E-state index contributed by atoms with van der Waals surface area (Å²) in [5, 5.41) is 0. The summed E-state index contributed by atoms with van der Waals surface area (Å²) in [6, 6.07) is 6.85. The molecule has 0 aromatic heterocycles. The Hall–Kier alpha value is -1.02. The van der Waals surface area contributed by atoms with E-state index in [1.165, 1.54) is 36.2 Å². The molecule has 82 valence electrons. The summed E-state index contributed by atoms with van der Waals surface area (Å²) >= 11 is 0. The van der Waals surface area contributed by atoms with Gasteiger partial charge in [-0.05, 0) is 43.4 Å². The second kappa shape index (κ2) is 4.23. The van der Waals surface area contributed by atoms with Crippen LogP contribution in [-0.2, 0) is 12.8 Å². The fourth-order valence-corrected chi connectivity index (χ4v) is 2.42. The van der Waals surface area contributed by atoms with E-state index in [9.17, 15) is 0 Å². The number of nitrogens with zero attached hydrogens (tertiary/aromatic N) is 1. The van der Waals surface area contributed by atoms with E-state index in [1.807, 2.05) is 0 Å². The minimum absolute atomic E-state index is 0.253. The second-order valence-corrected chi connectivity index (χ2v) is 4.62. The summed E-state index contributed by atoms with van der Waals surface area (Å²) in [4.78, 5) is 2.35. The predicted octanol–water partition coefficient (Wildman–Crippen LogP) is 1.96. The van der Waals surface area contributed by atoms with Crippen molar-refractivity contribution in [3.8, 4) is 0 Å². The Morgan fingerprint density at radius 2 is 2.27 bits per heavy atom. The summed E-state index contributed by atoms with van der Waals surface area (Å²) in [7, 11) is 2.17. The molecular weight excluding hydrogens is 184 g/mol. The van der Waals surface area contributed by atoms with Gasteiger partial charge in [0.25, 0.3) is 0 Å². The Balaban J connectivity index is 2.35. The van der Waals surface area contributed by atoms with Gasteiger partial charge in [-0.15, -0.1) is 0 Å². The summed E-state index contributed by atoms with van der Waals surface area (Å²) in [5.74, 6) is 0. The summed E-state index contributed by atoms with van der Waals surface area (Å²) in [5.41, 5.74) is 10.2. The van der Waals surface area contributed by atoms with Crippen LogP contribution in [0.25, 0.3) is 0 Å². The van der Waals surface area contributed by atoms with Crippen LogP contribution in [0.2, 0.25) is 0 Å². The maximum Gasteiger partial charge on any atom is 0.0398 e. The van der Waals surface area contributed by atoms with Crippen molar-refractivity contribution in [3.05, 3.63) is 29.3 Å². The van der Waals surface area contributed by atoms with Crippen LogP contribution in [0.1, 0.15) is 24.5 Å². The molecule has 1 aromatic rings. The van der Waals surface area contributed by atoms with Crippen LogP contribution in [0.5, 0.6) is 0 Å². The van der Waals surface area contributed by atoms with Gasteiger partial charge >= 0.3 is 0 Å². The highest BCUT2D eigenvalue weighted by molar-refractivity contribution is 5.58. The number of rotatable bonds is 2. The Morgan fingerprint density at radius 3 is 3.00 bits per heavy atom. The molecule has 0 spiro atoms. The molecule has 1 aliphatic rings. The molecule has 0 fully saturated rings. The molecule has 1 unspecified atom stereocenters. The maximum absolute atomic E-state index is 5.88. The maximum atomic E-state index is 5.88. The van der Waals surface area contributed by atoms with Gasteiger partial charge in [0, 0.05) is 25.3 Å². The molecule has 1 atom stereocenters. The minimum Gasteiger partial charge on any atom is -0.374 e. The predicted molar refractivity (Wildman–Crippen MR) is 65.4 cm³/mol. The van der Waals surface area contributed by atoms with Crippen molar-refractivity contribution in [3.63, 3.8) is 0 Å². The molecule has 1 aliphatic heterocycles. The Labute approximate surface area is 92.1 Å². The van der Waals surface area contributed by atoms with Gasteiger partial charge in [0.15, 0.2) is 0 Å². The fourth-order valence-electron chi connectivity index (χ4n) is 2.42. The van der Waals surface area contributed by atoms with Gasteiger partial charge in [-0.3, -0.25) is 0 Å². The Bertz CT molecular complexity index is 344. The molecule has 0 saturated heterocycles. The van der Waals surface area contributed by atoms with Crippen molar-refractivity contribution >= 4 is 5.69 Å². The van der Waals surface area contributed by atoms with Gasteiger partial charge in [-0.1, -0.05) is 12.1 Å². The van der Waals surface area contributed by atoms with Gasteiger partial charge < -0.3 is 10.6 Å². The van der Waals surface area contributed by atoms with Crippen LogP contribution in [0.3, 0.4) is 0 Å². The van der Waals surface area contributed by atoms with Crippen molar-refractivity contribution < 1.29 is 0 Å². The molecule has 15 heavy (non-hydrogen) atoms. The van der Waals surface area contributed by atoms with Gasteiger partial charge in [0.2, 0.25) is 0 Å². The van der Waals surface area contributed by atoms with E-state index >= 15 is 0 Å². The molecule has 0 radical (unpaired) electrons. The van der Waals surface area contributed by atoms with Crippen LogP contribution >= 0.6 is 0 Å². The van der Waals surface area contributed by atoms with Crippen molar-refractivity contribution in [1.29, 1.82) is 0 Å². The third-order valence-electron chi connectivity index (χ3n) is 3.12. The first-order valence-electron chi connectivity index (χ1n) is 5.76. The average Bonchev–Trinajstić information content (AvgIpc) is 2.19. The highest BCUT2D eigenvalue weighted by Gasteiger charge is 2.16. The van der Waals surface area contributed by atoms with Crippen molar-refractivity contribution in [2.45, 2.75) is 32.2 Å². The first-order chi connectivity index (χ1) is 7.18. The summed E-state index contributed by atoms with van der Waals surface area (Å²) < 4.78 is 0. The molecule has 0 saturated carbocycles. The Kier molecular flexibility index (Phi) is 2.96. The van der Waals surface area contributed by atoms with Gasteiger partial charge in [0.1, 0.15) is 0 Å². The lowest BCUT2D eigenvalue weighted by atomic mass is 9.93. The topological polar surface area (TPSA) is 29.3 Å². The average molecular weight is 204 g/mol. The fraction of sp³-hybridized carbons (Fsp3) is 0.538. The molecule has 1 aromatic carbocycles. The van der Waals surface area contributed by atoms with Gasteiger partial charge in [0.05, 0.1) is 0 Å². The van der Waals surface area contributed by atoms with Gasteiger partial charge in [-0.25, -0.2) is 0 Å². The second-order valence-electron chi connectivity index (χ2n) is 4.62. The number of nitrogens with two attached hydrogens (primary N) is 1. The molecule has 2 N–H and O–H groups in total. The number of fused-ring (bicyclic) bond motifs is 1. The van der Waals surface area contributed by atoms with E-state index in [0.717, 1.165) is 6.42 Å². The third kappa shape index (κ3) is 2.15. The molecule has 2 nitrogen and oxygen atoms in total. The lowest BCUT2D eigenvalue weighted by Gasteiger charge is -2.29. The summed E-state index contributed by atoms with van der Waals surface area (Å²) in [6.45, 7) is 3.25. The molecule has 2 rings (SSSR count). The first kappa shape index (κ1) is 10.5. The molecule has 0 bridgehead atoms. The van der Waals surface area contributed by atoms with Crippen LogP contribution in [0.4, 0.5) is 5.69 Å². The third-order valence-corrected chi connectivity index (χ3v) is 3.12. The molecule has 0 amide bonds. The summed E-state index contributed by atoms with van der Waals surface area (Å²) in [6.07, 6.45) is 3.47. The number of benzene rings is 1. The standard InChI is InChI=1S/C13H20N2/c1-10(14)9-11-5-3-7-13-12(11)6-4-8-15(13)2/h3,5,7,10H,4,6,8-9,14H2,1-2H3. The highest BCUT2D eigenvalue weighted by Crippen LogP contribution is 2.29. The normalized spacial score (nSPS) is 17.4. The monoisotopic (exact) mass is 204 g/mol. The van der Waals surface area contributed by atoms with Crippen molar-refractivity contribution in [2.75, 3.05) is 18.5 Å². The van der Waals surface area contributed by atoms with E-state index in [0.29, 0.717) is 0 Å². The quantitative estimate of drug-likeness (QED) is 0.798. The number of hydrogen-bond acceptors (Lipinski definition) is 2. The largest absolute Gasteiger partial charge is 0.374 e. The SMILES string of the molecule is CC(N)Cc1cccc2c1CCCN2C. The van der Waals surface area contributed by atoms with Crippen LogP contribution in [0.15, 0.2) is 18.2 Å². The lowest BCUT2D eigenvalue weighted by molar-refractivity contribution is 0.702.